The van der Waals surface area contributed by atoms with Crippen LogP contribution in [0.5, 0.6) is 0 Å². The second-order valence-corrected chi connectivity index (χ2v) is 8.18. The summed E-state index contributed by atoms with van der Waals surface area (Å²) in [6.07, 6.45) is 3.85. The first kappa shape index (κ1) is 16.7. The number of halogens is 1. The number of hydroxylamine groups is 2. The average molecular weight is 373 g/mol. The van der Waals surface area contributed by atoms with Crippen LogP contribution >= 0.6 is 23.3 Å². The van der Waals surface area contributed by atoms with Gasteiger partial charge in [0, 0.05) is 28.9 Å². The van der Waals surface area contributed by atoms with Crippen LogP contribution in [0.15, 0.2) is 52.7 Å². The van der Waals surface area contributed by atoms with Gasteiger partial charge in [-0.15, -0.1) is 5.06 Å². The molecular formula is C15H20BrNO3P+. The van der Waals surface area contributed by atoms with Crippen molar-refractivity contribution in [3.05, 3.63) is 52.7 Å². The maximum atomic E-state index is 13.6. The summed E-state index contributed by atoms with van der Waals surface area (Å²) in [7, 11) is -1.50. The molecule has 1 aromatic carbocycles. The molecule has 0 aromatic heterocycles. The van der Waals surface area contributed by atoms with Crippen molar-refractivity contribution in [2.24, 2.45) is 0 Å². The van der Waals surface area contributed by atoms with Gasteiger partial charge in [0.2, 0.25) is 5.78 Å². The summed E-state index contributed by atoms with van der Waals surface area (Å²) in [6.45, 7) is 4.18. The van der Waals surface area contributed by atoms with Gasteiger partial charge in [-0.3, -0.25) is 4.57 Å². The molecule has 0 saturated carbocycles. The van der Waals surface area contributed by atoms with Crippen molar-refractivity contribution < 1.29 is 19.0 Å². The smallest absolute Gasteiger partial charge is 0.295 e. The van der Waals surface area contributed by atoms with E-state index in [-0.39, 0.29) is 0 Å². The molecule has 1 N–H and O–H groups in total. The van der Waals surface area contributed by atoms with Crippen LogP contribution in [0.25, 0.3) is 0 Å². The zero-order chi connectivity index (χ0) is 15.5. The van der Waals surface area contributed by atoms with Crippen molar-refractivity contribution >= 4 is 28.6 Å². The standard InChI is InChI=1S/C15H19BrNO3P/c1-4-20-21(18,14-8-6-5-7-9-14)15-11-13(16)10-12(2)17(15)19-3/h5-11,15H,4H2,1-3H3/p+1. The summed E-state index contributed by atoms with van der Waals surface area (Å²) in [5.41, 5.74) is 0.952. The zero-order valence-electron chi connectivity index (χ0n) is 12.4. The van der Waals surface area contributed by atoms with Gasteiger partial charge < -0.3 is 4.52 Å². The van der Waals surface area contributed by atoms with Gasteiger partial charge in [0.1, 0.15) is 5.70 Å². The van der Waals surface area contributed by atoms with Crippen LogP contribution in [0.2, 0.25) is 0 Å². The van der Waals surface area contributed by atoms with Gasteiger partial charge in [0.15, 0.2) is 0 Å². The van der Waals surface area contributed by atoms with Crippen LogP contribution in [0, 0.1) is 0 Å². The predicted molar refractivity (Wildman–Crippen MR) is 87.8 cm³/mol. The Kier molecular flexibility index (Phi) is 5.58. The fourth-order valence-corrected chi connectivity index (χ4v) is 5.85. The molecule has 0 spiro atoms. The minimum atomic E-state index is -3.10. The number of hydrogen-bond acceptors (Lipinski definition) is 3. The van der Waals surface area contributed by atoms with Gasteiger partial charge in [-0.25, -0.2) is 4.84 Å². The SMILES string of the molecule is CCOP(=O)(c1ccccc1)C1C=C(Br)C=C(C)[NH+]1OC. The van der Waals surface area contributed by atoms with Gasteiger partial charge >= 0.3 is 0 Å². The molecule has 21 heavy (non-hydrogen) atoms. The second-order valence-electron chi connectivity index (χ2n) is 4.74. The quantitative estimate of drug-likeness (QED) is 0.807. The molecule has 3 atom stereocenters. The van der Waals surface area contributed by atoms with Crippen LogP contribution < -0.4 is 10.4 Å². The van der Waals surface area contributed by atoms with Crippen LogP contribution in [-0.4, -0.2) is 19.5 Å². The van der Waals surface area contributed by atoms with Crippen molar-refractivity contribution in [1.82, 2.24) is 0 Å². The fourth-order valence-electron chi connectivity index (χ4n) is 2.46. The molecule has 3 unspecified atom stereocenters. The normalized spacial score (nSPS) is 25.0. The highest BCUT2D eigenvalue weighted by molar-refractivity contribution is 9.11. The fraction of sp³-hybridized carbons (Fsp3) is 0.333. The highest BCUT2D eigenvalue weighted by Crippen LogP contribution is 2.50. The minimum Gasteiger partial charge on any atom is -0.321 e. The molecule has 0 aliphatic carbocycles. The maximum absolute atomic E-state index is 13.6. The molecular weight excluding hydrogens is 353 g/mol. The Labute approximate surface area is 134 Å². The lowest BCUT2D eigenvalue weighted by Crippen LogP contribution is -3.12. The van der Waals surface area contributed by atoms with Gasteiger partial charge in [-0.2, -0.15) is 0 Å². The summed E-state index contributed by atoms with van der Waals surface area (Å²) in [5, 5.41) is 1.40. The van der Waals surface area contributed by atoms with E-state index in [1.165, 1.54) is 0 Å². The molecule has 6 heteroatoms. The Bertz CT molecular complexity index is 600. The maximum Gasteiger partial charge on any atom is 0.295 e. The molecule has 1 aliphatic rings. The summed E-state index contributed by atoms with van der Waals surface area (Å²) in [5.74, 6) is -0.413. The molecule has 0 fully saturated rings. The van der Waals surface area contributed by atoms with Crippen molar-refractivity contribution in [2.75, 3.05) is 13.7 Å². The number of allylic oxidation sites excluding steroid dienone is 3. The topological polar surface area (TPSA) is 40.0 Å². The average Bonchev–Trinajstić information content (AvgIpc) is 2.47. The number of benzene rings is 1. The largest absolute Gasteiger partial charge is 0.321 e. The monoisotopic (exact) mass is 372 g/mol. The molecule has 0 radical (unpaired) electrons. The van der Waals surface area contributed by atoms with E-state index in [9.17, 15) is 4.57 Å². The number of hydrogen-bond donors (Lipinski definition) is 1. The Morgan fingerprint density at radius 2 is 2.00 bits per heavy atom. The number of nitrogens with one attached hydrogen (secondary N) is 1. The van der Waals surface area contributed by atoms with E-state index in [0.717, 1.165) is 10.2 Å². The van der Waals surface area contributed by atoms with E-state index in [2.05, 4.69) is 15.9 Å². The molecule has 1 heterocycles. The third kappa shape index (κ3) is 3.38. The molecule has 0 bridgehead atoms. The Morgan fingerprint density at radius 3 is 2.57 bits per heavy atom. The molecule has 1 aromatic rings. The van der Waals surface area contributed by atoms with Crippen LogP contribution in [0.1, 0.15) is 13.8 Å². The van der Waals surface area contributed by atoms with E-state index in [1.54, 1.807) is 7.11 Å². The number of quaternary nitrogens is 1. The van der Waals surface area contributed by atoms with Crippen molar-refractivity contribution in [3.8, 4) is 0 Å². The van der Waals surface area contributed by atoms with Gasteiger partial charge in [0.25, 0.3) is 7.37 Å². The third-order valence-corrected chi connectivity index (χ3v) is 6.62. The molecule has 0 saturated heterocycles. The highest BCUT2D eigenvalue weighted by atomic mass is 79.9. The zero-order valence-corrected chi connectivity index (χ0v) is 14.9. The van der Waals surface area contributed by atoms with E-state index in [1.807, 2.05) is 56.3 Å². The first-order chi connectivity index (χ1) is 10.0. The Hall–Kier alpha value is -0.710. The lowest BCUT2D eigenvalue weighted by Gasteiger charge is -2.31. The first-order valence-electron chi connectivity index (χ1n) is 6.79. The van der Waals surface area contributed by atoms with Crippen LogP contribution in [-0.2, 0) is 13.9 Å². The highest BCUT2D eigenvalue weighted by Gasteiger charge is 2.45. The summed E-state index contributed by atoms with van der Waals surface area (Å²) < 4.78 is 20.3. The van der Waals surface area contributed by atoms with Gasteiger partial charge in [-0.05, 0) is 19.1 Å². The van der Waals surface area contributed by atoms with E-state index in [0.29, 0.717) is 17.0 Å². The van der Waals surface area contributed by atoms with Crippen molar-refractivity contribution in [2.45, 2.75) is 19.6 Å². The van der Waals surface area contributed by atoms with Crippen molar-refractivity contribution in [1.29, 1.82) is 0 Å². The lowest BCUT2D eigenvalue weighted by molar-refractivity contribution is -1.06. The molecule has 4 nitrogen and oxygen atoms in total. The Balaban J connectivity index is 2.52. The molecule has 1 aliphatic heterocycles. The van der Waals surface area contributed by atoms with Gasteiger partial charge in [0.05, 0.1) is 13.7 Å². The molecule has 2 rings (SSSR count). The minimum absolute atomic E-state index is 0.383. The predicted octanol–water partition coefficient (Wildman–Crippen LogP) is 2.60. The summed E-state index contributed by atoms with van der Waals surface area (Å²) in [6, 6.07) is 9.34. The summed E-state index contributed by atoms with van der Waals surface area (Å²) >= 11 is 3.48. The summed E-state index contributed by atoms with van der Waals surface area (Å²) in [4.78, 5) is 5.51. The molecule has 114 valence electrons. The Morgan fingerprint density at radius 1 is 1.33 bits per heavy atom. The lowest BCUT2D eigenvalue weighted by atomic mass is 10.3. The second kappa shape index (κ2) is 7.03. The van der Waals surface area contributed by atoms with E-state index >= 15 is 0 Å². The van der Waals surface area contributed by atoms with Gasteiger partial charge in [-0.1, -0.05) is 34.1 Å². The van der Waals surface area contributed by atoms with E-state index in [4.69, 9.17) is 9.36 Å². The van der Waals surface area contributed by atoms with E-state index < -0.39 is 13.2 Å². The molecule has 0 amide bonds. The third-order valence-electron chi connectivity index (χ3n) is 3.35. The van der Waals surface area contributed by atoms with Crippen molar-refractivity contribution in [3.63, 3.8) is 0 Å². The number of rotatable bonds is 5. The first-order valence-corrected chi connectivity index (χ1v) is 9.28. The van der Waals surface area contributed by atoms with Crippen LogP contribution in [0.4, 0.5) is 0 Å². The van der Waals surface area contributed by atoms with Crippen LogP contribution in [0.3, 0.4) is 0 Å².